The fourth-order valence-corrected chi connectivity index (χ4v) is 2.17. The van der Waals surface area contributed by atoms with E-state index in [0.29, 0.717) is 6.42 Å². The molecule has 1 rings (SSSR count). The number of likely N-dealkylation sites (N-methyl/N-ethyl adjacent to an activating group) is 1. The highest BCUT2D eigenvalue weighted by Crippen LogP contribution is 2.16. The number of amides is 2. The fraction of sp³-hybridized carbons (Fsp3) is 0.579. The van der Waals surface area contributed by atoms with Gasteiger partial charge in [-0.1, -0.05) is 12.1 Å². The van der Waals surface area contributed by atoms with Gasteiger partial charge in [0.05, 0.1) is 6.10 Å². The van der Waals surface area contributed by atoms with Crippen LogP contribution in [0.4, 0.5) is 4.79 Å². The first kappa shape index (κ1) is 20.8. The molecule has 6 nitrogen and oxygen atoms in total. The predicted molar refractivity (Wildman–Crippen MR) is 97.8 cm³/mol. The van der Waals surface area contributed by atoms with Crippen molar-refractivity contribution in [3.63, 3.8) is 0 Å². The minimum absolute atomic E-state index is 0.0998. The van der Waals surface area contributed by atoms with Gasteiger partial charge in [-0.15, -0.1) is 0 Å². The lowest BCUT2D eigenvalue weighted by molar-refractivity contribution is -0.130. The maximum atomic E-state index is 12.4. The summed E-state index contributed by atoms with van der Waals surface area (Å²) in [6.07, 6.45) is -0.131. The average molecular weight is 350 g/mol. The van der Waals surface area contributed by atoms with Gasteiger partial charge in [0.25, 0.3) is 0 Å². The Kier molecular flexibility index (Phi) is 7.27. The molecule has 0 heterocycles. The Balaban J connectivity index is 2.83. The summed E-state index contributed by atoms with van der Waals surface area (Å²) in [5.74, 6) is 0.586. The van der Waals surface area contributed by atoms with Gasteiger partial charge in [0.15, 0.2) is 0 Å². The summed E-state index contributed by atoms with van der Waals surface area (Å²) < 4.78 is 10.9. The summed E-state index contributed by atoms with van der Waals surface area (Å²) in [5.41, 5.74) is 0.304. The minimum atomic E-state index is -0.693. The Morgan fingerprint density at radius 1 is 1.12 bits per heavy atom. The molecule has 0 saturated carbocycles. The van der Waals surface area contributed by atoms with Crippen molar-refractivity contribution in [2.45, 2.75) is 58.8 Å². The van der Waals surface area contributed by atoms with Gasteiger partial charge in [-0.25, -0.2) is 4.79 Å². The van der Waals surface area contributed by atoms with Crippen LogP contribution in [-0.2, 0) is 16.0 Å². The van der Waals surface area contributed by atoms with Crippen LogP contribution in [0.15, 0.2) is 24.3 Å². The second-order valence-corrected chi connectivity index (χ2v) is 7.45. The van der Waals surface area contributed by atoms with Gasteiger partial charge in [-0.05, 0) is 52.3 Å². The normalized spacial score (nSPS) is 12.5. The molecule has 0 bridgehead atoms. The number of nitrogens with zero attached hydrogens (tertiary/aromatic N) is 1. The number of ether oxygens (including phenoxy) is 2. The summed E-state index contributed by atoms with van der Waals surface area (Å²) >= 11 is 0. The summed E-state index contributed by atoms with van der Waals surface area (Å²) in [7, 11) is 3.32. The van der Waals surface area contributed by atoms with Gasteiger partial charge < -0.3 is 19.7 Å². The van der Waals surface area contributed by atoms with E-state index < -0.39 is 17.7 Å². The molecule has 2 amide bonds. The predicted octanol–water partition coefficient (Wildman–Crippen LogP) is 3.00. The maximum absolute atomic E-state index is 12.4. The summed E-state index contributed by atoms with van der Waals surface area (Å²) in [6, 6.07) is 6.82. The van der Waals surface area contributed by atoms with E-state index in [1.54, 1.807) is 34.9 Å². The molecule has 0 aliphatic heterocycles. The Morgan fingerprint density at radius 3 is 2.12 bits per heavy atom. The minimum Gasteiger partial charge on any atom is -0.491 e. The van der Waals surface area contributed by atoms with E-state index in [1.807, 2.05) is 38.1 Å². The Labute approximate surface area is 150 Å². The SMILES string of the molecule is CC(C)Oc1ccc(CC(NC(=O)OC(C)(C)C)C(=O)N(C)C)cc1. The zero-order chi connectivity index (χ0) is 19.2. The molecular formula is C19H30N2O4. The number of carbonyl (C=O) groups excluding carboxylic acids is 2. The number of hydrogen-bond donors (Lipinski definition) is 1. The maximum Gasteiger partial charge on any atom is 0.408 e. The molecule has 0 saturated heterocycles. The van der Waals surface area contributed by atoms with Crippen LogP contribution in [0.2, 0.25) is 0 Å². The van der Waals surface area contributed by atoms with E-state index >= 15 is 0 Å². The van der Waals surface area contributed by atoms with Crippen LogP contribution in [0, 0.1) is 0 Å². The van der Waals surface area contributed by atoms with Crippen molar-refractivity contribution in [2.75, 3.05) is 14.1 Å². The van der Waals surface area contributed by atoms with Gasteiger partial charge in [0.2, 0.25) is 5.91 Å². The van der Waals surface area contributed by atoms with E-state index in [9.17, 15) is 9.59 Å². The van der Waals surface area contributed by atoms with E-state index in [1.165, 1.54) is 4.90 Å². The van der Waals surface area contributed by atoms with Crippen molar-refractivity contribution in [3.05, 3.63) is 29.8 Å². The lowest BCUT2D eigenvalue weighted by Gasteiger charge is -2.25. The van der Waals surface area contributed by atoms with Crippen LogP contribution in [-0.4, -0.2) is 48.7 Å². The molecular weight excluding hydrogens is 320 g/mol. The third-order valence-corrected chi connectivity index (χ3v) is 3.16. The van der Waals surface area contributed by atoms with Gasteiger partial charge >= 0.3 is 6.09 Å². The smallest absolute Gasteiger partial charge is 0.408 e. The lowest BCUT2D eigenvalue weighted by atomic mass is 10.0. The highest BCUT2D eigenvalue weighted by Gasteiger charge is 2.25. The molecule has 1 aromatic carbocycles. The first-order chi connectivity index (χ1) is 11.5. The van der Waals surface area contributed by atoms with Crippen LogP contribution < -0.4 is 10.1 Å². The molecule has 0 aliphatic rings. The molecule has 0 fully saturated rings. The first-order valence-electron chi connectivity index (χ1n) is 8.44. The topological polar surface area (TPSA) is 67.9 Å². The van der Waals surface area contributed by atoms with Crippen molar-refractivity contribution in [2.24, 2.45) is 0 Å². The molecule has 1 unspecified atom stereocenters. The molecule has 1 N–H and O–H groups in total. The molecule has 0 spiro atoms. The number of carbonyl (C=O) groups is 2. The van der Waals surface area contributed by atoms with Gasteiger partial charge in [0, 0.05) is 20.5 Å². The molecule has 1 aromatic rings. The second kappa shape index (κ2) is 8.74. The van der Waals surface area contributed by atoms with Crippen molar-refractivity contribution in [1.29, 1.82) is 0 Å². The number of nitrogens with one attached hydrogen (secondary N) is 1. The molecule has 0 aliphatic carbocycles. The largest absolute Gasteiger partial charge is 0.491 e. The molecule has 1 atom stereocenters. The van der Waals surface area contributed by atoms with E-state index in [4.69, 9.17) is 9.47 Å². The standard InChI is InChI=1S/C19H30N2O4/c1-13(2)24-15-10-8-14(9-11-15)12-16(17(22)21(6)7)20-18(23)25-19(3,4)5/h8-11,13,16H,12H2,1-7H3,(H,20,23). The fourth-order valence-electron chi connectivity index (χ4n) is 2.17. The average Bonchev–Trinajstić information content (AvgIpc) is 2.45. The monoisotopic (exact) mass is 350 g/mol. The van der Waals surface area contributed by atoms with Crippen molar-refractivity contribution in [1.82, 2.24) is 10.2 Å². The number of hydrogen-bond acceptors (Lipinski definition) is 4. The van der Waals surface area contributed by atoms with E-state index in [-0.39, 0.29) is 12.0 Å². The highest BCUT2D eigenvalue weighted by molar-refractivity contribution is 5.85. The molecule has 140 valence electrons. The molecule has 6 heteroatoms. The van der Waals surface area contributed by atoms with Crippen LogP contribution in [0.25, 0.3) is 0 Å². The van der Waals surface area contributed by atoms with Crippen molar-refractivity contribution in [3.8, 4) is 5.75 Å². The number of rotatable bonds is 6. The van der Waals surface area contributed by atoms with Gasteiger partial charge in [0.1, 0.15) is 17.4 Å². The zero-order valence-corrected chi connectivity index (χ0v) is 16.3. The summed E-state index contributed by atoms with van der Waals surface area (Å²) in [4.78, 5) is 25.9. The summed E-state index contributed by atoms with van der Waals surface area (Å²) in [6.45, 7) is 9.27. The summed E-state index contributed by atoms with van der Waals surface area (Å²) in [5, 5.41) is 2.67. The molecule has 25 heavy (non-hydrogen) atoms. The Morgan fingerprint density at radius 2 is 1.68 bits per heavy atom. The van der Waals surface area contributed by atoms with E-state index in [0.717, 1.165) is 11.3 Å². The van der Waals surface area contributed by atoms with Gasteiger partial charge in [-0.2, -0.15) is 0 Å². The number of benzene rings is 1. The number of alkyl carbamates (subject to hydrolysis) is 1. The van der Waals surface area contributed by atoms with Crippen molar-refractivity contribution >= 4 is 12.0 Å². The Hall–Kier alpha value is -2.24. The van der Waals surface area contributed by atoms with Crippen LogP contribution in [0.3, 0.4) is 0 Å². The molecule has 0 aromatic heterocycles. The van der Waals surface area contributed by atoms with Crippen molar-refractivity contribution < 1.29 is 19.1 Å². The highest BCUT2D eigenvalue weighted by atomic mass is 16.6. The quantitative estimate of drug-likeness (QED) is 0.856. The first-order valence-corrected chi connectivity index (χ1v) is 8.44. The lowest BCUT2D eigenvalue weighted by Crippen LogP contribution is -2.48. The van der Waals surface area contributed by atoms with E-state index in [2.05, 4.69) is 5.32 Å². The third kappa shape index (κ3) is 7.92. The Bertz CT molecular complexity index is 574. The molecule has 0 radical (unpaired) electrons. The van der Waals surface area contributed by atoms with Crippen LogP contribution in [0.5, 0.6) is 5.75 Å². The second-order valence-electron chi connectivity index (χ2n) is 7.45. The van der Waals surface area contributed by atoms with Crippen LogP contribution >= 0.6 is 0 Å². The van der Waals surface area contributed by atoms with Crippen LogP contribution in [0.1, 0.15) is 40.2 Å². The van der Waals surface area contributed by atoms with Gasteiger partial charge in [-0.3, -0.25) is 4.79 Å². The zero-order valence-electron chi connectivity index (χ0n) is 16.3. The third-order valence-electron chi connectivity index (χ3n) is 3.16.